The second-order valence-electron chi connectivity index (χ2n) is 4.99. The molecule has 0 radical (unpaired) electrons. The van der Waals surface area contributed by atoms with E-state index in [0.29, 0.717) is 0 Å². The number of hydrogen-bond donors (Lipinski definition) is 1. The SMILES string of the molecule is CCc1nnnn1-c1ccccc1NC(=O)C1CCC1. The number of hydrogen-bond acceptors (Lipinski definition) is 4. The molecule has 6 heteroatoms. The monoisotopic (exact) mass is 271 g/mol. The minimum absolute atomic E-state index is 0.0924. The summed E-state index contributed by atoms with van der Waals surface area (Å²) in [5, 5.41) is 14.7. The van der Waals surface area contributed by atoms with Crippen molar-refractivity contribution < 1.29 is 4.79 Å². The van der Waals surface area contributed by atoms with Gasteiger partial charge in [-0.05, 0) is 35.4 Å². The summed E-state index contributed by atoms with van der Waals surface area (Å²) >= 11 is 0. The molecule has 104 valence electrons. The predicted octanol–water partition coefficient (Wildman–Crippen LogP) is 1.96. The van der Waals surface area contributed by atoms with Gasteiger partial charge in [0.25, 0.3) is 0 Å². The molecule has 1 aromatic carbocycles. The predicted molar refractivity (Wildman–Crippen MR) is 74.5 cm³/mol. The first-order chi connectivity index (χ1) is 9.79. The van der Waals surface area contributed by atoms with Gasteiger partial charge in [-0.1, -0.05) is 25.5 Å². The molecule has 1 aromatic heterocycles. The Labute approximate surface area is 117 Å². The van der Waals surface area contributed by atoms with Crippen LogP contribution in [0.3, 0.4) is 0 Å². The third-order valence-electron chi connectivity index (χ3n) is 3.72. The lowest BCUT2D eigenvalue weighted by Gasteiger charge is -2.24. The van der Waals surface area contributed by atoms with E-state index in [1.807, 2.05) is 31.2 Å². The Hall–Kier alpha value is -2.24. The van der Waals surface area contributed by atoms with Gasteiger partial charge in [-0.25, -0.2) is 0 Å². The van der Waals surface area contributed by atoms with E-state index in [2.05, 4.69) is 20.8 Å². The number of para-hydroxylation sites is 2. The molecule has 1 aliphatic rings. The van der Waals surface area contributed by atoms with Crippen molar-refractivity contribution >= 4 is 11.6 Å². The van der Waals surface area contributed by atoms with Crippen LogP contribution in [0, 0.1) is 5.92 Å². The van der Waals surface area contributed by atoms with E-state index in [1.54, 1.807) is 4.68 Å². The maximum Gasteiger partial charge on any atom is 0.227 e. The minimum Gasteiger partial charge on any atom is -0.324 e. The lowest BCUT2D eigenvalue weighted by atomic mass is 9.85. The molecule has 1 saturated carbocycles. The number of benzene rings is 1. The van der Waals surface area contributed by atoms with E-state index < -0.39 is 0 Å². The quantitative estimate of drug-likeness (QED) is 0.922. The smallest absolute Gasteiger partial charge is 0.227 e. The van der Waals surface area contributed by atoms with Crippen molar-refractivity contribution in [3.8, 4) is 5.69 Å². The van der Waals surface area contributed by atoms with Crippen molar-refractivity contribution in [2.75, 3.05) is 5.32 Å². The summed E-state index contributed by atoms with van der Waals surface area (Å²) in [6.07, 6.45) is 3.85. The fraction of sp³-hybridized carbons (Fsp3) is 0.429. The number of amides is 1. The Morgan fingerprint density at radius 2 is 2.20 bits per heavy atom. The summed E-state index contributed by atoms with van der Waals surface area (Å²) in [7, 11) is 0. The number of aryl methyl sites for hydroxylation is 1. The number of nitrogens with zero attached hydrogens (tertiary/aromatic N) is 4. The molecule has 0 bridgehead atoms. The molecule has 6 nitrogen and oxygen atoms in total. The van der Waals surface area contributed by atoms with Gasteiger partial charge in [0.2, 0.25) is 5.91 Å². The third kappa shape index (κ3) is 2.29. The largest absolute Gasteiger partial charge is 0.324 e. The molecular weight excluding hydrogens is 254 g/mol. The van der Waals surface area contributed by atoms with Crippen LogP contribution < -0.4 is 5.32 Å². The van der Waals surface area contributed by atoms with Gasteiger partial charge in [-0.3, -0.25) is 4.79 Å². The average Bonchev–Trinajstić information content (AvgIpc) is 2.85. The van der Waals surface area contributed by atoms with Crippen molar-refractivity contribution in [3.05, 3.63) is 30.1 Å². The third-order valence-corrected chi connectivity index (χ3v) is 3.72. The van der Waals surface area contributed by atoms with Gasteiger partial charge in [-0.15, -0.1) is 5.10 Å². The van der Waals surface area contributed by atoms with E-state index in [-0.39, 0.29) is 11.8 Å². The summed E-state index contributed by atoms with van der Waals surface area (Å²) in [5.41, 5.74) is 1.56. The van der Waals surface area contributed by atoms with Crippen LogP contribution in [0.5, 0.6) is 0 Å². The zero-order chi connectivity index (χ0) is 13.9. The molecule has 0 saturated heterocycles. The fourth-order valence-electron chi connectivity index (χ4n) is 2.28. The maximum absolute atomic E-state index is 12.1. The van der Waals surface area contributed by atoms with Gasteiger partial charge in [-0.2, -0.15) is 4.68 Å². The molecule has 1 fully saturated rings. The van der Waals surface area contributed by atoms with Crippen LogP contribution in [-0.2, 0) is 11.2 Å². The minimum atomic E-state index is 0.0924. The van der Waals surface area contributed by atoms with Crippen molar-refractivity contribution in [1.82, 2.24) is 20.2 Å². The topological polar surface area (TPSA) is 72.7 Å². The zero-order valence-corrected chi connectivity index (χ0v) is 11.4. The molecule has 0 unspecified atom stereocenters. The molecule has 1 amide bonds. The van der Waals surface area contributed by atoms with Crippen molar-refractivity contribution in [2.24, 2.45) is 5.92 Å². The number of nitrogens with one attached hydrogen (secondary N) is 1. The molecule has 0 spiro atoms. The van der Waals surface area contributed by atoms with Gasteiger partial charge in [0.15, 0.2) is 5.82 Å². The van der Waals surface area contributed by atoms with E-state index in [1.165, 1.54) is 0 Å². The first-order valence-electron chi connectivity index (χ1n) is 6.97. The van der Waals surface area contributed by atoms with Gasteiger partial charge in [0.05, 0.1) is 11.4 Å². The van der Waals surface area contributed by atoms with Crippen molar-refractivity contribution in [2.45, 2.75) is 32.6 Å². The highest BCUT2D eigenvalue weighted by Crippen LogP contribution is 2.29. The standard InChI is InChI=1S/C14H17N5O/c1-2-13-16-17-18-19(13)12-9-4-3-8-11(12)15-14(20)10-6-5-7-10/h3-4,8-10H,2,5-7H2,1H3,(H,15,20). The number of tetrazole rings is 1. The number of carbonyl (C=O) groups excluding carboxylic acids is 1. The molecule has 0 aliphatic heterocycles. The number of carbonyl (C=O) groups is 1. The molecule has 1 N–H and O–H groups in total. The molecular formula is C14H17N5O. The van der Waals surface area contributed by atoms with E-state index in [4.69, 9.17) is 0 Å². The van der Waals surface area contributed by atoms with Crippen LogP contribution in [-0.4, -0.2) is 26.1 Å². The normalized spacial score (nSPS) is 14.8. The highest BCUT2D eigenvalue weighted by Gasteiger charge is 2.25. The highest BCUT2D eigenvalue weighted by atomic mass is 16.1. The number of aromatic nitrogens is 4. The second kappa shape index (κ2) is 5.40. The molecule has 3 rings (SSSR count). The number of rotatable bonds is 4. The Balaban J connectivity index is 1.90. The zero-order valence-electron chi connectivity index (χ0n) is 11.4. The van der Waals surface area contributed by atoms with E-state index >= 15 is 0 Å². The fourth-order valence-corrected chi connectivity index (χ4v) is 2.28. The first-order valence-corrected chi connectivity index (χ1v) is 6.97. The first kappa shape index (κ1) is 12.8. The maximum atomic E-state index is 12.1. The van der Waals surface area contributed by atoms with Gasteiger partial charge >= 0.3 is 0 Å². The lowest BCUT2D eigenvalue weighted by Crippen LogP contribution is -2.28. The van der Waals surface area contributed by atoms with Crippen LogP contribution in [0.1, 0.15) is 32.0 Å². The Bertz CT molecular complexity index is 618. The average molecular weight is 271 g/mol. The van der Waals surface area contributed by atoms with Crippen molar-refractivity contribution in [3.63, 3.8) is 0 Å². The van der Waals surface area contributed by atoms with Crippen LogP contribution in [0.15, 0.2) is 24.3 Å². The van der Waals surface area contributed by atoms with Crippen LogP contribution in [0.4, 0.5) is 5.69 Å². The van der Waals surface area contributed by atoms with Crippen LogP contribution in [0.25, 0.3) is 5.69 Å². The second-order valence-corrected chi connectivity index (χ2v) is 4.99. The van der Waals surface area contributed by atoms with E-state index in [0.717, 1.165) is 42.9 Å². The Kier molecular flexibility index (Phi) is 3.45. The Morgan fingerprint density at radius 3 is 2.90 bits per heavy atom. The van der Waals surface area contributed by atoms with Crippen LogP contribution in [0.2, 0.25) is 0 Å². The van der Waals surface area contributed by atoms with Gasteiger partial charge in [0.1, 0.15) is 0 Å². The van der Waals surface area contributed by atoms with Gasteiger partial charge in [0, 0.05) is 12.3 Å². The molecule has 1 aliphatic carbocycles. The van der Waals surface area contributed by atoms with Crippen molar-refractivity contribution in [1.29, 1.82) is 0 Å². The van der Waals surface area contributed by atoms with Crippen LogP contribution >= 0.6 is 0 Å². The molecule has 0 atom stereocenters. The summed E-state index contributed by atoms with van der Waals surface area (Å²) < 4.78 is 1.68. The lowest BCUT2D eigenvalue weighted by molar-refractivity contribution is -0.122. The highest BCUT2D eigenvalue weighted by molar-refractivity contribution is 5.94. The van der Waals surface area contributed by atoms with E-state index in [9.17, 15) is 4.79 Å². The molecule has 20 heavy (non-hydrogen) atoms. The molecule has 2 aromatic rings. The summed E-state index contributed by atoms with van der Waals surface area (Å²) in [6, 6.07) is 7.60. The summed E-state index contributed by atoms with van der Waals surface area (Å²) in [6.45, 7) is 2.00. The molecule has 1 heterocycles. The summed E-state index contributed by atoms with van der Waals surface area (Å²) in [5.74, 6) is 1.02. The summed E-state index contributed by atoms with van der Waals surface area (Å²) in [4.78, 5) is 12.1. The number of anilines is 1. The Morgan fingerprint density at radius 1 is 1.40 bits per heavy atom. The van der Waals surface area contributed by atoms with Gasteiger partial charge < -0.3 is 5.32 Å².